The van der Waals surface area contributed by atoms with E-state index in [0.29, 0.717) is 0 Å². The topological polar surface area (TPSA) is 0 Å². The molecule has 118 valence electrons. The molecule has 0 spiro atoms. The monoisotopic (exact) mass is 320 g/mol. The predicted octanol–water partition coefficient (Wildman–Crippen LogP) is 7.24. The van der Waals surface area contributed by atoms with Crippen molar-refractivity contribution in [3.05, 3.63) is 89.4 Å². The number of hydrogen-bond donors (Lipinski definition) is 0. The number of rotatable bonds is 6. The van der Waals surface area contributed by atoms with Crippen LogP contribution in [0.2, 0.25) is 0 Å². The first-order chi connectivity index (χ1) is 11.0. The van der Waals surface area contributed by atoms with Crippen LogP contribution in [0.1, 0.15) is 31.4 Å². The fourth-order valence-electron chi connectivity index (χ4n) is 2.51. The molecular formula is C22H24S. The third kappa shape index (κ3) is 5.01. The molecule has 0 N–H and O–H groups in total. The van der Waals surface area contributed by atoms with Crippen LogP contribution in [0.15, 0.2) is 78.2 Å². The zero-order valence-corrected chi connectivity index (χ0v) is 15.0. The number of hydrogen-bond acceptors (Lipinski definition) is 1. The zero-order valence-electron chi connectivity index (χ0n) is 14.2. The summed E-state index contributed by atoms with van der Waals surface area (Å²) in [5, 5.41) is 2.19. The van der Waals surface area contributed by atoms with Gasteiger partial charge >= 0.3 is 0 Å². The van der Waals surface area contributed by atoms with Crippen molar-refractivity contribution in [2.45, 2.75) is 27.2 Å². The summed E-state index contributed by atoms with van der Waals surface area (Å²) in [6.45, 7) is 14.6. The Morgan fingerprint density at radius 2 is 1.74 bits per heavy atom. The van der Waals surface area contributed by atoms with E-state index in [1.807, 2.05) is 6.07 Å². The molecule has 0 nitrogen and oxygen atoms in total. The van der Waals surface area contributed by atoms with E-state index in [1.165, 1.54) is 33.4 Å². The summed E-state index contributed by atoms with van der Waals surface area (Å²) in [5.74, 6) is 0. The first kappa shape index (κ1) is 17.4. The van der Waals surface area contributed by atoms with Crippen LogP contribution in [0.3, 0.4) is 0 Å². The van der Waals surface area contributed by atoms with Gasteiger partial charge in [-0.3, -0.25) is 0 Å². The van der Waals surface area contributed by atoms with Crippen LogP contribution in [0, 0.1) is 6.92 Å². The maximum atomic E-state index is 4.29. The van der Waals surface area contributed by atoms with E-state index < -0.39 is 0 Å². The van der Waals surface area contributed by atoms with Crippen molar-refractivity contribution in [1.82, 2.24) is 0 Å². The van der Waals surface area contributed by atoms with Gasteiger partial charge in [0.1, 0.15) is 0 Å². The molecule has 0 aliphatic rings. The highest BCUT2D eigenvalue weighted by molar-refractivity contribution is 8.10. The summed E-state index contributed by atoms with van der Waals surface area (Å²) < 4.78 is 0. The minimum Gasteiger partial charge on any atom is -0.0998 e. The van der Waals surface area contributed by atoms with Crippen molar-refractivity contribution in [2.75, 3.05) is 0 Å². The van der Waals surface area contributed by atoms with Gasteiger partial charge in [0.2, 0.25) is 0 Å². The minimum atomic E-state index is 0.944. The van der Waals surface area contributed by atoms with Crippen molar-refractivity contribution < 1.29 is 0 Å². The Labute approximate surface area is 144 Å². The maximum absolute atomic E-state index is 4.29. The van der Waals surface area contributed by atoms with Gasteiger partial charge in [0.25, 0.3) is 0 Å². The van der Waals surface area contributed by atoms with Gasteiger partial charge in [0.05, 0.1) is 0 Å². The molecule has 0 heterocycles. The summed E-state index contributed by atoms with van der Waals surface area (Å²) in [5.41, 5.74) is 7.44. The van der Waals surface area contributed by atoms with Crippen LogP contribution in [0.4, 0.5) is 0 Å². The predicted molar refractivity (Wildman–Crippen MR) is 106 cm³/mol. The van der Waals surface area contributed by atoms with Crippen LogP contribution in [-0.4, -0.2) is 0 Å². The lowest BCUT2D eigenvalue weighted by atomic mass is 9.97. The SMILES string of the molecule is C=C(C)C/C(C)=C/SC(=C)c1ccc(C)cc1-c1ccccc1. The highest BCUT2D eigenvalue weighted by atomic mass is 32.2. The summed E-state index contributed by atoms with van der Waals surface area (Å²) in [6, 6.07) is 17.1. The van der Waals surface area contributed by atoms with Gasteiger partial charge in [-0.25, -0.2) is 0 Å². The van der Waals surface area contributed by atoms with Crippen LogP contribution in [0.25, 0.3) is 16.0 Å². The van der Waals surface area contributed by atoms with E-state index in [4.69, 9.17) is 0 Å². The molecule has 0 aromatic heterocycles. The average molecular weight is 321 g/mol. The molecule has 0 aliphatic carbocycles. The largest absolute Gasteiger partial charge is 0.0998 e. The molecule has 0 saturated heterocycles. The van der Waals surface area contributed by atoms with Crippen LogP contribution in [-0.2, 0) is 0 Å². The van der Waals surface area contributed by atoms with Gasteiger partial charge in [-0.15, -0.1) is 0 Å². The molecule has 0 unspecified atom stereocenters. The number of benzene rings is 2. The van der Waals surface area contributed by atoms with Gasteiger partial charge in [-0.1, -0.05) is 90.2 Å². The van der Waals surface area contributed by atoms with E-state index in [1.54, 1.807) is 11.8 Å². The Morgan fingerprint density at radius 1 is 1.04 bits per heavy atom. The van der Waals surface area contributed by atoms with Crippen LogP contribution in [0.5, 0.6) is 0 Å². The van der Waals surface area contributed by atoms with E-state index in [2.05, 4.69) is 81.8 Å². The zero-order chi connectivity index (χ0) is 16.8. The second-order valence-electron chi connectivity index (χ2n) is 6.05. The Morgan fingerprint density at radius 3 is 2.39 bits per heavy atom. The van der Waals surface area contributed by atoms with Crippen molar-refractivity contribution in [1.29, 1.82) is 0 Å². The number of allylic oxidation sites excluding steroid dienone is 2. The summed E-state index contributed by atoms with van der Waals surface area (Å²) in [4.78, 5) is 1.07. The Kier molecular flexibility index (Phi) is 6.06. The van der Waals surface area contributed by atoms with Crippen molar-refractivity contribution in [3.8, 4) is 11.1 Å². The molecule has 23 heavy (non-hydrogen) atoms. The normalized spacial score (nSPS) is 11.3. The Hall–Kier alpha value is -1.99. The van der Waals surface area contributed by atoms with E-state index in [-0.39, 0.29) is 0 Å². The molecule has 0 fully saturated rings. The third-order valence-electron chi connectivity index (χ3n) is 3.54. The maximum Gasteiger partial charge on any atom is 0.0123 e. The Bertz CT molecular complexity index is 736. The first-order valence-electron chi connectivity index (χ1n) is 7.79. The number of thioether (sulfide) groups is 1. The number of aryl methyl sites for hydroxylation is 1. The molecule has 2 aromatic rings. The van der Waals surface area contributed by atoms with Crippen molar-refractivity contribution in [3.63, 3.8) is 0 Å². The average Bonchev–Trinajstić information content (AvgIpc) is 2.52. The smallest absolute Gasteiger partial charge is 0.0123 e. The van der Waals surface area contributed by atoms with Gasteiger partial charge < -0.3 is 0 Å². The van der Waals surface area contributed by atoms with Crippen molar-refractivity contribution >= 4 is 16.7 Å². The quantitative estimate of drug-likeness (QED) is 0.506. The fourth-order valence-corrected chi connectivity index (χ4v) is 3.24. The lowest BCUT2D eigenvalue weighted by Crippen LogP contribution is -1.88. The molecular weight excluding hydrogens is 296 g/mol. The molecule has 2 rings (SSSR count). The molecule has 0 bridgehead atoms. The third-order valence-corrected chi connectivity index (χ3v) is 4.57. The van der Waals surface area contributed by atoms with Gasteiger partial charge in [-0.2, -0.15) is 0 Å². The second kappa shape index (κ2) is 8.03. The molecule has 0 aliphatic heterocycles. The van der Waals surface area contributed by atoms with Crippen molar-refractivity contribution in [2.24, 2.45) is 0 Å². The van der Waals surface area contributed by atoms with E-state index in [0.717, 1.165) is 11.3 Å². The van der Waals surface area contributed by atoms with Gasteiger partial charge in [-0.05, 0) is 49.3 Å². The molecule has 0 saturated carbocycles. The van der Waals surface area contributed by atoms with Gasteiger partial charge in [0.15, 0.2) is 0 Å². The first-order valence-corrected chi connectivity index (χ1v) is 8.67. The van der Waals surface area contributed by atoms with Crippen LogP contribution >= 0.6 is 11.8 Å². The standard InChI is InChI=1S/C22H24S/c1-16(2)13-18(4)15-23-19(5)21-12-11-17(3)14-22(21)20-9-7-6-8-10-20/h6-12,14-15H,1,5,13H2,2-4H3/b18-15+. The molecule has 0 amide bonds. The fraction of sp³-hybridized carbons (Fsp3) is 0.182. The lowest BCUT2D eigenvalue weighted by molar-refractivity contribution is 1.12. The minimum absolute atomic E-state index is 0.944. The molecule has 2 aromatic carbocycles. The summed E-state index contributed by atoms with van der Waals surface area (Å²) in [6.07, 6.45) is 0.944. The molecule has 0 atom stereocenters. The molecule has 1 heteroatoms. The molecule has 0 radical (unpaired) electrons. The van der Waals surface area contributed by atoms with Gasteiger partial charge in [0, 0.05) is 4.91 Å². The van der Waals surface area contributed by atoms with Crippen LogP contribution < -0.4 is 0 Å². The second-order valence-corrected chi connectivity index (χ2v) is 7.02. The van der Waals surface area contributed by atoms with E-state index >= 15 is 0 Å². The summed E-state index contributed by atoms with van der Waals surface area (Å²) in [7, 11) is 0. The Balaban J connectivity index is 2.29. The highest BCUT2D eigenvalue weighted by Gasteiger charge is 2.08. The summed E-state index contributed by atoms with van der Waals surface area (Å²) >= 11 is 1.70. The van der Waals surface area contributed by atoms with E-state index in [9.17, 15) is 0 Å². The highest BCUT2D eigenvalue weighted by Crippen LogP contribution is 2.36. The lowest BCUT2D eigenvalue weighted by Gasteiger charge is -2.12.